The van der Waals surface area contributed by atoms with Gasteiger partial charge in [0.2, 0.25) is 0 Å². The molecule has 0 radical (unpaired) electrons. The van der Waals surface area contributed by atoms with Crippen LogP contribution in [0.3, 0.4) is 0 Å². The van der Waals surface area contributed by atoms with E-state index in [1.165, 1.54) is 0 Å². The van der Waals surface area contributed by atoms with Crippen molar-refractivity contribution < 1.29 is 9.90 Å². The Balaban J connectivity index is 2.93. The number of carbonyl (C=O) groups is 1. The van der Waals surface area contributed by atoms with Crippen molar-refractivity contribution in [1.82, 2.24) is 10.2 Å². The molecular formula is C17H34N2O2. The molecule has 21 heavy (non-hydrogen) atoms. The van der Waals surface area contributed by atoms with Crippen molar-refractivity contribution in [2.75, 3.05) is 13.6 Å². The Morgan fingerprint density at radius 2 is 2.00 bits per heavy atom. The van der Waals surface area contributed by atoms with Crippen LogP contribution in [0.5, 0.6) is 0 Å². The van der Waals surface area contributed by atoms with Gasteiger partial charge in [-0.15, -0.1) is 0 Å². The fraction of sp³-hybridized carbons (Fsp3) is 0.941. The van der Waals surface area contributed by atoms with Gasteiger partial charge in [-0.3, -0.25) is 9.69 Å². The molecule has 1 saturated carbocycles. The second-order valence-electron chi connectivity index (χ2n) is 6.95. The van der Waals surface area contributed by atoms with Gasteiger partial charge in [-0.1, -0.05) is 27.7 Å². The standard InChI is InChI=1S/C17H34N2O2/c1-6-14(7-2)19(12-13(3)4)15-9-8-10-17(11-15,18-5)16(20)21/h13-15,18H,6-12H2,1-5H3,(H,20,21). The maximum atomic E-state index is 11.7. The predicted octanol–water partition coefficient (Wildman–Crippen LogP) is 3.12. The number of hydrogen-bond donors (Lipinski definition) is 2. The summed E-state index contributed by atoms with van der Waals surface area (Å²) in [5.41, 5.74) is -0.732. The molecule has 0 aromatic rings. The number of rotatable bonds is 8. The van der Waals surface area contributed by atoms with Crippen LogP contribution in [-0.2, 0) is 4.79 Å². The lowest BCUT2D eigenvalue weighted by Gasteiger charge is -2.45. The molecule has 0 aromatic heterocycles. The van der Waals surface area contributed by atoms with E-state index in [0.717, 1.165) is 45.1 Å². The molecule has 0 aromatic carbocycles. The Labute approximate surface area is 130 Å². The van der Waals surface area contributed by atoms with Crippen LogP contribution in [0.25, 0.3) is 0 Å². The van der Waals surface area contributed by atoms with Crippen molar-refractivity contribution in [2.45, 2.75) is 83.8 Å². The lowest BCUT2D eigenvalue weighted by atomic mass is 9.77. The molecule has 0 saturated heterocycles. The average Bonchev–Trinajstić information content (AvgIpc) is 2.46. The third-order valence-electron chi connectivity index (χ3n) is 5.07. The minimum Gasteiger partial charge on any atom is -0.480 e. The highest BCUT2D eigenvalue weighted by Crippen LogP contribution is 2.33. The van der Waals surface area contributed by atoms with Gasteiger partial charge in [0.05, 0.1) is 0 Å². The van der Waals surface area contributed by atoms with E-state index < -0.39 is 11.5 Å². The van der Waals surface area contributed by atoms with Crippen LogP contribution in [0.15, 0.2) is 0 Å². The van der Waals surface area contributed by atoms with Gasteiger partial charge in [0.25, 0.3) is 0 Å². The average molecular weight is 298 g/mol. The van der Waals surface area contributed by atoms with E-state index >= 15 is 0 Å². The maximum Gasteiger partial charge on any atom is 0.323 e. The number of nitrogens with zero attached hydrogens (tertiary/aromatic N) is 1. The number of likely N-dealkylation sites (N-methyl/N-ethyl adjacent to an activating group) is 1. The SMILES string of the molecule is CCC(CC)N(CC(C)C)C1CCCC(NC)(C(=O)O)C1. The molecule has 0 bridgehead atoms. The third kappa shape index (κ3) is 4.43. The fourth-order valence-corrected chi connectivity index (χ4v) is 3.83. The maximum absolute atomic E-state index is 11.7. The molecule has 0 amide bonds. The van der Waals surface area contributed by atoms with Crippen molar-refractivity contribution in [2.24, 2.45) is 5.92 Å². The minimum absolute atomic E-state index is 0.384. The Morgan fingerprint density at radius 1 is 1.38 bits per heavy atom. The summed E-state index contributed by atoms with van der Waals surface area (Å²) in [5, 5.41) is 12.7. The zero-order valence-electron chi connectivity index (χ0n) is 14.5. The summed E-state index contributed by atoms with van der Waals surface area (Å²) in [6.45, 7) is 10.1. The molecule has 2 N–H and O–H groups in total. The normalized spacial score (nSPS) is 26.8. The van der Waals surface area contributed by atoms with Gasteiger partial charge in [0, 0.05) is 18.6 Å². The first-order chi connectivity index (χ1) is 9.90. The van der Waals surface area contributed by atoms with E-state index in [9.17, 15) is 9.90 Å². The highest BCUT2D eigenvalue weighted by Gasteiger charge is 2.43. The molecule has 0 heterocycles. The van der Waals surface area contributed by atoms with Crippen LogP contribution in [0.4, 0.5) is 0 Å². The molecule has 2 unspecified atom stereocenters. The molecule has 2 atom stereocenters. The van der Waals surface area contributed by atoms with Gasteiger partial charge in [-0.25, -0.2) is 0 Å². The quantitative estimate of drug-likeness (QED) is 0.723. The first kappa shape index (κ1) is 18.4. The van der Waals surface area contributed by atoms with Gasteiger partial charge in [-0.05, 0) is 51.5 Å². The third-order valence-corrected chi connectivity index (χ3v) is 5.07. The van der Waals surface area contributed by atoms with Gasteiger partial charge in [-0.2, -0.15) is 0 Å². The van der Waals surface area contributed by atoms with Crippen LogP contribution in [0.2, 0.25) is 0 Å². The number of nitrogens with one attached hydrogen (secondary N) is 1. The summed E-state index contributed by atoms with van der Waals surface area (Å²) in [4.78, 5) is 14.3. The molecule has 4 heteroatoms. The molecule has 1 aliphatic rings. The first-order valence-electron chi connectivity index (χ1n) is 8.58. The Kier molecular flexibility index (Phi) is 7.14. The molecule has 0 aliphatic heterocycles. The number of carboxylic acids is 1. The molecule has 124 valence electrons. The summed E-state index contributed by atoms with van der Waals surface area (Å²) >= 11 is 0. The number of carboxylic acid groups (broad SMARTS) is 1. The van der Waals surface area contributed by atoms with Gasteiger partial charge >= 0.3 is 5.97 Å². The summed E-state index contributed by atoms with van der Waals surface area (Å²) in [6, 6.07) is 0.952. The molecule has 1 fully saturated rings. The van der Waals surface area contributed by atoms with Crippen LogP contribution in [-0.4, -0.2) is 47.2 Å². The Hall–Kier alpha value is -0.610. The highest BCUT2D eigenvalue weighted by molar-refractivity contribution is 5.79. The molecule has 0 spiro atoms. The van der Waals surface area contributed by atoms with Crippen molar-refractivity contribution >= 4 is 5.97 Å². The van der Waals surface area contributed by atoms with Crippen LogP contribution >= 0.6 is 0 Å². The van der Waals surface area contributed by atoms with Crippen molar-refractivity contribution in [1.29, 1.82) is 0 Å². The Morgan fingerprint density at radius 3 is 2.43 bits per heavy atom. The van der Waals surface area contributed by atoms with E-state index in [2.05, 4.69) is 37.9 Å². The Bertz CT molecular complexity index is 329. The summed E-state index contributed by atoms with van der Waals surface area (Å²) in [6.07, 6.45) is 5.86. The van der Waals surface area contributed by atoms with Crippen LogP contribution < -0.4 is 5.32 Å². The lowest BCUT2D eigenvalue weighted by molar-refractivity contribution is -0.147. The second kappa shape index (κ2) is 8.14. The zero-order valence-corrected chi connectivity index (χ0v) is 14.5. The van der Waals surface area contributed by atoms with Gasteiger partial charge in [0.15, 0.2) is 0 Å². The largest absolute Gasteiger partial charge is 0.480 e. The summed E-state index contributed by atoms with van der Waals surface area (Å²) in [7, 11) is 1.79. The van der Waals surface area contributed by atoms with E-state index in [0.29, 0.717) is 18.0 Å². The topological polar surface area (TPSA) is 52.6 Å². The van der Waals surface area contributed by atoms with Crippen LogP contribution in [0, 0.1) is 5.92 Å². The zero-order chi connectivity index (χ0) is 16.0. The number of hydrogen-bond acceptors (Lipinski definition) is 3. The smallest absolute Gasteiger partial charge is 0.323 e. The highest BCUT2D eigenvalue weighted by atomic mass is 16.4. The van der Waals surface area contributed by atoms with E-state index in [4.69, 9.17) is 0 Å². The molecule has 1 aliphatic carbocycles. The minimum atomic E-state index is -0.732. The van der Waals surface area contributed by atoms with E-state index in [1.54, 1.807) is 7.05 Å². The van der Waals surface area contributed by atoms with E-state index in [-0.39, 0.29) is 0 Å². The molecular weight excluding hydrogens is 264 g/mol. The molecule has 4 nitrogen and oxygen atoms in total. The summed E-state index contributed by atoms with van der Waals surface area (Å²) in [5.74, 6) is -0.0786. The van der Waals surface area contributed by atoms with Gasteiger partial charge in [0.1, 0.15) is 5.54 Å². The first-order valence-corrected chi connectivity index (χ1v) is 8.58. The number of aliphatic carboxylic acids is 1. The van der Waals surface area contributed by atoms with Crippen molar-refractivity contribution in [3.63, 3.8) is 0 Å². The van der Waals surface area contributed by atoms with E-state index in [1.807, 2.05) is 0 Å². The summed E-state index contributed by atoms with van der Waals surface area (Å²) < 4.78 is 0. The van der Waals surface area contributed by atoms with Crippen molar-refractivity contribution in [3.8, 4) is 0 Å². The monoisotopic (exact) mass is 298 g/mol. The fourth-order valence-electron chi connectivity index (χ4n) is 3.83. The lowest BCUT2D eigenvalue weighted by Crippen LogP contribution is -2.58. The van der Waals surface area contributed by atoms with Crippen LogP contribution in [0.1, 0.15) is 66.2 Å². The molecule has 1 rings (SSSR count). The van der Waals surface area contributed by atoms with Crippen molar-refractivity contribution in [3.05, 3.63) is 0 Å². The predicted molar refractivity (Wildman–Crippen MR) is 87.6 cm³/mol. The second-order valence-corrected chi connectivity index (χ2v) is 6.95. The van der Waals surface area contributed by atoms with Gasteiger partial charge < -0.3 is 10.4 Å².